The molecule has 1 fully saturated rings. The van der Waals surface area contributed by atoms with Crippen molar-refractivity contribution in [1.82, 2.24) is 29.1 Å². The number of rotatable bonds is 5. The topological polar surface area (TPSA) is 132 Å². The summed E-state index contributed by atoms with van der Waals surface area (Å²) in [5.74, 6) is -0.311. The van der Waals surface area contributed by atoms with Crippen molar-refractivity contribution in [3.63, 3.8) is 0 Å². The molecule has 0 saturated carbocycles. The predicted octanol–water partition coefficient (Wildman–Crippen LogP) is 2.31. The molecule has 0 bridgehead atoms. The van der Waals surface area contributed by atoms with Gasteiger partial charge in [-0.15, -0.1) is 0 Å². The number of H-pyrrole nitrogens is 1. The van der Waals surface area contributed by atoms with Gasteiger partial charge in [0.2, 0.25) is 5.82 Å². The number of piperazine rings is 1. The van der Waals surface area contributed by atoms with Crippen molar-refractivity contribution in [3.05, 3.63) is 71.5 Å². The molecule has 12 heteroatoms. The minimum atomic E-state index is -3.93. The number of aromatic nitrogens is 4. The summed E-state index contributed by atoms with van der Waals surface area (Å²) < 4.78 is 28.0. The van der Waals surface area contributed by atoms with Gasteiger partial charge in [-0.25, -0.2) is 18.4 Å². The van der Waals surface area contributed by atoms with Crippen LogP contribution in [-0.2, 0) is 16.6 Å². The molecule has 4 heterocycles. The van der Waals surface area contributed by atoms with Crippen LogP contribution in [-0.4, -0.2) is 74.8 Å². The van der Waals surface area contributed by atoms with Gasteiger partial charge in [-0.2, -0.15) is 4.31 Å². The van der Waals surface area contributed by atoms with Crippen LogP contribution < -0.4 is 0 Å². The quantitative estimate of drug-likeness (QED) is 0.419. The molecule has 10 nitrogen and oxygen atoms in total. The first-order valence-corrected chi connectivity index (χ1v) is 12.6. The lowest BCUT2D eigenvalue weighted by atomic mass is 10.1. The number of amides is 1. The number of pyridine rings is 1. The highest BCUT2D eigenvalue weighted by molar-refractivity contribution is 7.89. The van der Waals surface area contributed by atoms with Crippen LogP contribution in [0.4, 0.5) is 0 Å². The molecule has 5 rings (SSSR count). The second-order valence-corrected chi connectivity index (χ2v) is 10.3. The predicted molar refractivity (Wildman–Crippen MR) is 129 cm³/mol. The van der Waals surface area contributed by atoms with E-state index >= 15 is 0 Å². The van der Waals surface area contributed by atoms with Gasteiger partial charge in [0.25, 0.3) is 15.9 Å². The first kappa shape index (κ1) is 23.4. The van der Waals surface area contributed by atoms with Crippen molar-refractivity contribution >= 4 is 38.4 Å². The van der Waals surface area contributed by atoms with Crippen LogP contribution in [0.15, 0.2) is 60.1 Å². The standard InChI is InChI=1S/C23H21ClN6O4S/c24-17-1-2-20-18(11-17)19(14-31)22(28-20)35(33,34)30-9-7-29(8-10-30)23(32)21-26-12-16(13-27-21)15-3-5-25-6-4-15/h1-6,11-13,28,31H,7-10,14H2. The second kappa shape index (κ2) is 9.34. The van der Waals surface area contributed by atoms with Gasteiger partial charge in [0, 0.05) is 78.0 Å². The molecule has 1 saturated heterocycles. The number of benzene rings is 1. The van der Waals surface area contributed by atoms with Crippen molar-refractivity contribution in [3.8, 4) is 11.1 Å². The number of carbonyl (C=O) groups is 1. The molecule has 0 unspecified atom stereocenters. The number of nitrogens with zero attached hydrogens (tertiary/aromatic N) is 5. The summed E-state index contributed by atoms with van der Waals surface area (Å²) in [6, 6.07) is 8.59. The van der Waals surface area contributed by atoms with Crippen molar-refractivity contribution in [2.45, 2.75) is 11.6 Å². The Hall–Kier alpha value is -3.38. The maximum absolute atomic E-state index is 13.4. The third-order valence-corrected chi connectivity index (χ3v) is 8.11. The molecule has 1 aliphatic rings. The largest absolute Gasteiger partial charge is 0.392 e. The smallest absolute Gasteiger partial charge is 0.291 e. The summed E-state index contributed by atoms with van der Waals surface area (Å²) in [6.45, 7) is 0.122. The number of carbonyl (C=O) groups excluding carboxylic acids is 1. The van der Waals surface area contributed by atoms with E-state index < -0.39 is 16.6 Å². The highest BCUT2D eigenvalue weighted by Crippen LogP contribution is 2.30. The van der Waals surface area contributed by atoms with Gasteiger partial charge < -0.3 is 15.0 Å². The van der Waals surface area contributed by atoms with E-state index in [4.69, 9.17) is 11.6 Å². The molecule has 4 aromatic rings. The number of sulfonamides is 1. The summed E-state index contributed by atoms with van der Waals surface area (Å²) in [6.07, 6.45) is 6.48. The summed E-state index contributed by atoms with van der Waals surface area (Å²) in [7, 11) is -3.93. The Morgan fingerprint density at radius 1 is 1.03 bits per heavy atom. The molecular weight excluding hydrogens is 492 g/mol. The Kier molecular flexibility index (Phi) is 6.24. The molecule has 0 aliphatic carbocycles. The fourth-order valence-corrected chi connectivity index (χ4v) is 5.91. The van der Waals surface area contributed by atoms with Gasteiger partial charge in [0.15, 0.2) is 5.03 Å². The van der Waals surface area contributed by atoms with Crippen LogP contribution in [0.1, 0.15) is 16.2 Å². The van der Waals surface area contributed by atoms with Gasteiger partial charge in [-0.1, -0.05) is 11.6 Å². The van der Waals surface area contributed by atoms with E-state index in [0.29, 0.717) is 15.9 Å². The van der Waals surface area contributed by atoms with Crippen LogP contribution >= 0.6 is 11.6 Å². The number of aliphatic hydroxyl groups is 1. The van der Waals surface area contributed by atoms with Crippen molar-refractivity contribution in [2.24, 2.45) is 0 Å². The number of aliphatic hydroxyl groups excluding tert-OH is 1. The average molecular weight is 513 g/mol. The van der Waals surface area contributed by atoms with E-state index in [-0.39, 0.29) is 48.5 Å². The lowest BCUT2D eigenvalue weighted by Crippen LogP contribution is -2.50. The molecule has 0 spiro atoms. The monoisotopic (exact) mass is 512 g/mol. The number of halogens is 1. The Balaban J connectivity index is 1.30. The molecule has 3 aromatic heterocycles. The normalized spacial score (nSPS) is 15.0. The lowest BCUT2D eigenvalue weighted by Gasteiger charge is -2.33. The van der Waals surface area contributed by atoms with Gasteiger partial charge in [0.05, 0.1) is 6.61 Å². The first-order valence-electron chi connectivity index (χ1n) is 10.8. The van der Waals surface area contributed by atoms with Crippen LogP contribution in [0.25, 0.3) is 22.0 Å². The third kappa shape index (κ3) is 4.39. The first-order chi connectivity index (χ1) is 16.9. The van der Waals surface area contributed by atoms with Crippen molar-refractivity contribution in [2.75, 3.05) is 26.2 Å². The van der Waals surface area contributed by atoms with Gasteiger partial charge in [0.1, 0.15) is 0 Å². The molecule has 0 atom stereocenters. The van der Waals surface area contributed by atoms with Gasteiger partial charge in [-0.3, -0.25) is 9.78 Å². The maximum atomic E-state index is 13.4. The molecular formula is C23H21ClN6O4S. The fraction of sp³-hybridized carbons (Fsp3) is 0.217. The zero-order valence-corrected chi connectivity index (χ0v) is 20.0. The highest BCUT2D eigenvalue weighted by Gasteiger charge is 2.34. The summed E-state index contributed by atoms with van der Waals surface area (Å²) in [5.41, 5.74) is 2.49. The van der Waals surface area contributed by atoms with Crippen molar-refractivity contribution < 1.29 is 18.3 Å². The number of aromatic amines is 1. The van der Waals surface area contributed by atoms with E-state index in [2.05, 4.69) is 19.9 Å². The molecule has 2 N–H and O–H groups in total. The maximum Gasteiger partial charge on any atom is 0.291 e. The molecule has 35 heavy (non-hydrogen) atoms. The number of hydrogen-bond donors (Lipinski definition) is 2. The second-order valence-electron chi connectivity index (χ2n) is 8.01. The summed E-state index contributed by atoms with van der Waals surface area (Å²) >= 11 is 6.05. The Morgan fingerprint density at radius 2 is 1.71 bits per heavy atom. The Morgan fingerprint density at radius 3 is 2.37 bits per heavy atom. The van der Waals surface area contributed by atoms with Gasteiger partial charge >= 0.3 is 0 Å². The summed E-state index contributed by atoms with van der Waals surface area (Å²) in [5, 5.41) is 10.8. The number of hydrogen-bond acceptors (Lipinski definition) is 7. The molecule has 180 valence electrons. The van der Waals surface area contributed by atoms with Crippen LogP contribution in [0, 0.1) is 0 Å². The number of fused-ring (bicyclic) bond motifs is 1. The van der Waals surface area contributed by atoms with E-state index in [9.17, 15) is 18.3 Å². The lowest BCUT2D eigenvalue weighted by molar-refractivity contribution is 0.0685. The van der Waals surface area contributed by atoms with Crippen LogP contribution in [0.5, 0.6) is 0 Å². The van der Waals surface area contributed by atoms with Crippen molar-refractivity contribution in [1.29, 1.82) is 0 Å². The van der Waals surface area contributed by atoms with E-state index in [1.807, 2.05) is 12.1 Å². The number of nitrogens with one attached hydrogen (secondary N) is 1. The minimum Gasteiger partial charge on any atom is -0.392 e. The fourth-order valence-electron chi connectivity index (χ4n) is 4.11. The van der Waals surface area contributed by atoms with Crippen LogP contribution in [0.2, 0.25) is 5.02 Å². The molecule has 1 aromatic carbocycles. The third-order valence-electron chi connectivity index (χ3n) is 5.97. The van der Waals surface area contributed by atoms with Gasteiger partial charge in [-0.05, 0) is 35.9 Å². The zero-order chi connectivity index (χ0) is 24.6. The average Bonchev–Trinajstić information content (AvgIpc) is 3.27. The Bertz CT molecular complexity index is 1480. The SMILES string of the molecule is O=C(c1ncc(-c2ccncc2)cn1)N1CCN(S(=O)(=O)c2[nH]c3ccc(Cl)cc3c2CO)CC1. The molecule has 1 aliphatic heterocycles. The van der Waals surface area contributed by atoms with E-state index in [0.717, 1.165) is 11.1 Å². The molecule has 1 amide bonds. The van der Waals surface area contributed by atoms with E-state index in [1.54, 1.807) is 43.0 Å². The summed E-state index contributed by atoms with van der Waals surface area (Å²) in [4.78, 5) is 29.7. The van der Waals surface area contributed by atoms with Crippen LogP contribution in [0.3, 0.4) is 0 Å². The minimum absolute atomic E-state index is 0.0502. The Labute approximate surface area is 206 Å². The zero-order valence-electron chi connectivity index (χ0n) is 18.4. The highest BCUT2D eigenvalue weighted by atomic mass is 35.5. The van der Waals surface area contributed by atoms with E-state index in [1.165, 1.54) is 9.21 Å². The molecule has 0 radical (unpaired) electrons.